The summed E-state index contributed by atoms with van der Waals surface area (Å²) in [6.45, 7) is 4.15. The van der Waals surface area contributed by atoms with Crippen LogP contribution in [0.1, 0.15) is 81.6 Å². The Morgan fingerprint density at radius 1 is 1.20 bits per heavy atom. The molecule has 216 valence electrons. The molecule has 3 aliphatic carbocycles. The predicted molar refractivity (Wildman–Crippen MR) is 150 cm³/mol. The quantitative estimate of drug-likeness (QED) is 0.328. The summed E-state index contributed by atoms with van der Waals surface area (Å²) in [5.74, 6) is -0.693. The van der Waals surface area contributed by atoms with Gasteiger partial charge >= 0.3 is 5.97 Å². The fraction of sp³-hybridized carbons (Fsp3) is 0.500. The second-order valence-electron chi connectivity index (χ2n) is 11.8. The van der Waals surface area contributed by atoms with Crippen molar-refractivity contribution in [2.45, 2.75) is 88.6 Å². The molecule has 3 aromatic rings. The highest BCUT2D eigenvalue weighted by Crippen LogP contribution is 2.50. The van der Waals surface area contributed by atoms with Crippen molar-refractivity contribution < 1.29 is 23.8 Å². The Kier molecular flexibility index (Phi) is 7.46. The first-order valence-corrected chi connectivity index (χ1v) is 14.0. The lowest BCUT2D eigenvalue weighted by Gasteiger charge is -2.53. The van der Waals surface area contributed by atoms with E-state index < -0.39 is 23.3 Å². The Balaban J connectivity index is 1.45. The van der Waals surface area contributed by atoms with E-state index in [0.717, 1.165) is 44.0 Å². The summed E-state index contributed by atoms with van der Waals surface area (Å²) in [6.07, 6.45) is 6.12. The van der Waals surface area contributed by atoms with E-state index in [1.165, 1.54) is 26.2 Å². The number of aromatic nitrogens is 3. The van der Waals surface area contributed by atoms with Crippen LogP contribution in [0.2, 0.25) is 0 Å². The van der Waals surface area contributed by atoms with E-state index in [2.05, 4.69) is 26.8 Å². The number of carbonyl (C=O) groups is 2. The van der Waals surface area contributed by atoms with Crippen LogP contribution < -0.4 is 10.6 Å². The van der Waals surface area contributed by atoms with Gasteiger partial charge in [-0.25, -0.2) is 8.91 Å². The molecule has 0 radical (unpaired) electrons. The highest BCUT2D eigenvalue weighted by Gasteiger charge is 2.51. The van der Waals surface area contributed by atoms with Crippen molar-refractivity contribution in [1.82, 2.24) is 19.9 Å². The van der Waals surface area contributed by atoms with Gasteiger partial charge in [0.1, 0.15) is 17.8 Å². The first kappa shape index (κ1) is 28.5. The molecule has 0 aromatic carbocycles. The van der Waals surface area contributed by atoms with Gasteiger partial charge in [0.05, 0.1) is 52.1 Å². The molecule has 3 aliphatic rings. The van der Waals surface area contributed by atoms with Gasteiger partial charge < -0.3 is 20.5 Å². The number of nitriles is 1. The molecule has 3 saturated carbocycles. The van der Waals surface area contributed by atoms with Crippen molar-refractivity contribution in [3.63, 3.8) is 0 Å². The monoisotopic (exact) mass is 562 g/mol. The third kappa shape index (κ3) is 5.75. The number of amides is 1. The molecule has 0 aliphatic heterocycles. The third-order valence-corrected chi connectivity index (χ3v) is 8.45. The number of hydrogen-bond donors (Lipinski definition) is 3. The van der Waals surface area contributed by atoms with Gasteiger partial charge in [-0.05, 0) is 76.6 Å². The molecule has 3 N–H and O–H groups in total. The van der Waals surface area contributed by atoms with Crippen molar-refractivity contribution in [2.75, 3.05) is 11.9 Å². The number of nitrogens with one attached hydrogen (secondary N) is 2. The van der Waals surface area contributed by atoms with E-state index in [-0.39, 0.29) is 23.6 Å². The van der Waals surface area contributed by atoms with Crippen molar-refractivity contribution in [3.8, 4) is 17.5 Å². The summed E-state index contributed by atoms with van der Waals surface area (Å²) < 4.78 is 22.0. The van der Waals surface area contributed by atoms with Gasteiger partial charge in [0, 0.05) is 18.2 Å². The van der Waals surface area contributed by atoms with Gasteiger partial charge in [0.2, 0.25) is 0 Å². The molecular weight excluding hydrogens is 527 g/mol. The van der Waals surface area contributed by atoms with Gasteiger partial charge in [-0.3, -0.25) is 14.6 Å². The summed E-state index contributed by atoms with van der Waals surface area (Å²) in [6, 6.07) is 9.30. The van der Waals surface area contributed by atoms with E-state index in [1.807, 2.05) is 12.1 Å². The first-order chi connectivity index (χ1) is 19.5. The Morgan fingerprint density at radius 2 is 1.90 bits per heavy atom. The van der Waals surface area contributed by atoms with Gasteiger partial charge in [0.15, 0.2) is 0 Å². The highest BCUT2D eigenvalue weighted by atomic mass is 19.1. The lowest BCUT2D eigenvalue weighted by molar-refractivity contribution is -0.171. The van der Waals surface area contributed by atoms with Crippen LogP contribution >= 0.6 is 0 Å². The molecule has 0 saturated heterocycles. The average molecular weight is 563 g/mol. The number of hydrogen-bond acceptors (Lipinski definition) is 8. The summed E-state index contributed by atoms with van der Waals surface area (Å²) >= 11 is 0. The van der Waals surface area contributed by atoms with Crippen LogP contribution in [-0.4, -0.2) is 61.0 Å². The second kappa shape index (κ2) is 10.7. The maximum atomic E-state index is 14.4. The van der Waals surface area contributed by atoms with Crippen LogP contribution in [0.5, 0.6) is 0 Å². The van der Waals surface area contributed by atoms with Crippen molar-refractivity contribution in [1.29, 1.82) is 5.26 Å². The number of alkyl halides is 1. The molecule has 3 fully saturated rings. The Labute approximate surface area is 237 Å². The zero-order chi connectivity index (χ0) is 29.4. The lowest BCUT2D eigenvalue weighted by Crippen LogP contribution is -2.55. The van der Waals surface area contributed by atoms with E-state index in [4.69, 9.17) is 4.74 Å². The van der Waals surface area contributed by atoms with Gasteiger partial charge in [-0.1, -0.05) is 6.92 Å². The van der Waals surface area contributed by atoms with Gasteiger partial charge in [0.25, 0.3) is 5.91 Å². The van der Waals surface area contributed by atoms with E-state index in [1.54, 1.807) is 23.6 Å². The van der Waals surface area contributed by atoms with Crippen LogP contribution in [0.25, 0.3) is 16.9 Å². The molecule has 3 heterocycles. The second-order valence-corrected chi connectivity index (χ2v) is 11.8. The van der Waals surface area contributed by atoms with Crippen molar-refractivity contribution in [2.24, 2.45) is 0 Å². The average Bonchev–Trinajstić information content (AvgIpc) is 3.39. The largest absolute Gasteiger partial charge is 0.459 e. The summed E-state index contributed by atoms with van der Waals surface area (Å²) in [5.41, 5.74) is 0.904. The SMILES string of the molecule is CCC(=O)OC12CCC(Nc3cc(-c4ccc5cc(C#N)cnn45)ncc3C(=O)NC[C@@H](F)C(C)(C)O)(CC1)CC2. The van der Waals surface area contributed by atoms with Crippen LogP contribution in [0.15, 0.2) is 36.7 Å². The van der Waals surface area contributed by atoms with E-state index in [9.17, 15) is 24.3 Å². The molecule has 0 unspecified atom stereocenters. The number of carbonyl (C=O) groups excluding carboxylic acids is 2. The Hall–Kier alpha value is -4.04. The minimum absolute atomic E-state index is 0.183. The summed E-state index contributed by atoms with van der Waals surface area (Å²) in [5, 5.41) is 29.8. The Morgan fingerprint density at radius 3 is 2.54 bits per heavy atom. The minimum Gasteiger partial charge on any atom is -0.459 e. The zero-order valence-corrected chi connectivity index (χ0v) is 23.5. The maximum Gasteiger partial charge on any atom is 0.306 e. The number of halogens is 1. The third-order valence-electron chi connectivity index (χ3n) is 8.45. The maximum absolute atomic E-state index is 14.4. The molecule has 10 nitrogen and oxygen atoms in total. The van der Waals surface area contributed by atoms with Crippen LogP contribution in [0.3, 0.4) is 0 Å². The van der Waals surface area contributed by atoms with Crippen LogP contribution in [0, 0.1) is 11.3 Å². The Bertz CT molecular complexity index is 1500. The van der Waals surface area contributed by atoms with Crippen LogP contribution in [-0.2, 0) is 9.53 Å². The summed E-state index contributed by atoms with van der Waals surface area (Å²) in [4.78, 5) is 29.9. The fourth-order valence-electron chi connectivity index (χ4n) is 5.75. The van der Waals surface area contributed by atoms with E-state index in [0.29, 0.717) is 29.1 Å². The summed E-state index contributed by atoms with van der Waals surface area (Å²) in [7, 11) is 0. The van der Waals surface area contributed by atoms with Crippen molar-refractivity contribution >= 4 is 23.1 Å². The highest BCUT2D eigenvalue weighted by molar-refractivity contribution is 6.00. The molecule has 41 heavy (non-hydrogen) atoms. The first-order valence-electron chi connectivity index (χ1n) is 14.0. The molecule has 6 rings (SSSR count). The van der Waals surface area contributed by atoms with Gasteiger partial charge in [-0.2, -0.15) is 10.4 Å². The normalized spacial score (nSPS) is 22.6. The standard InChI is InChI=1S/C30H35FN6O4/c1-4-26(38)41-30-10-7-29(8-11-30,9-12-30)36-22-14-23(24-6-5-20-13-19(15-32)16-35-37(20)24)33-17-21(22)27(39)34-18-25(31)28(2,3)40/h5-6,13-14,16-17,25,40H,4,7-12,18H2,1-3H3,(H,33,36)(H,34,39)/t25-,29?,30?/m1/s1. The number of rotatable bonds is 9. The van der Waals surface area contributed by atoms with Crippen molar-refractivity contribution in [3.05, 3.63) is 47.8 Å². The molecule has 1 atom stereocenters. The molecular formula is C30H35FN6O4. The molecule has 3 aromatic heterocycles. The number of anilines is 1. The number of aliphatic hydroxyl groups is 1. The molecule has 1 amide bonds. The minimum atomic E-state index is -1.65. The molecule has 11 heteroatoms. The zero-order valence-electron chi connectivity index (χ0n) is 23.5. The fourth-order valence-corrected chi connectivity index (χ4v) is 5.75. The number of esters is 1. The number of ether oxygens (including phenoxy) is 1. The topological polar surface area (TPSA) is 142 Å². The van der Waals surface area contributed by atoms with Crippen LogP contribution in [0.4, 0.5) is 10.1 Å². The number of nitrogens with zero attached hydrogens (tertiary/aromatic N) is 4. The lowest BCUT2D eigenvalue weighted by atomic mass is 9.63. The number of fused-ring (bicyclic) bond motifs is 4. The van der Waals surface area contributed by atoms with E-state index >= 15 is 0 Å². The van der Waals surface area contributed by atoms with Gasteiger partial charge in [-0.15, -0.1) is 0 Å². The molecule has 0 spiro atoms. The predicted octanol–water partition coefficient (Wildman–Crippen LogP) is 4.32. The number of pyridine rings is 1. The smallest absolute Gasteiger partial charge is 0.306 e. The molecule has 2 bridgehead atoms.